The predicted molar refractivity (Wildman–Crippen MR) is 288 cm³/mol. The highest BCUT2D eigenvalue weighted by Crippen LogP contribution is 2.14. The predicted octanol–water partition coefficient (Wildman–Crippen LogP) is 18.3. The van der Waals surface area contributed by atoms with Crippen molar-refractivity contribution in [1.82, 2.24) is 0 Å². The number of unbranched alkanes of at least 4 members (excludes halogenated alkanes) is 22. The van der Waals surface area contributed by atoms with Gasteiger partial charge in [-0.15, -0.1) is 0 Å². The summed E-state index contributed by atoms with van der Waals surface area (Å²) in [5.74, 6) is -0.994. The highest BCUT2D eigenvalue weighted by Gasteiger charge is 2.19. The molecule has 0 aliphatic heterocycles. The van der Waals surface area contributed by atoms with Gasteiger partial charge in [-0.3, -0.25) is 14.4 Å². The second-order valence-electron chi connectivity index (χ2n) is 17.8. The van der Waals surface area contributed by atoms with Gasteiger partial charge in [-0.05, 0) is 103 Å². The van der Waals surface area contributed by atoms with Gasteiger partial charge in [-0.2, -0.15) is 0 Å². The minimum atomic E-state index is -0.818. The Kier molecular flexibility index (Phi) is 51.5. The summed E-state index contributed by atoms with van der Waals surface area (Å²) in [5, 5.41) is 0. The third kappa shape index (κ3) is 52.9. The van der Waals surface area contributed by atoms with E-state index < -0.39 is 6.10 Å². The van der Waals surface area contributed by atoms with Gasteiger partial charge >= 0.3 is 17.9 Å². The Morgan fingerprint density at radius 3 is 1.09 bits per heavy atom. The van der Waals surface area contributed by atoms with Gasteiger partial charge < -0.3 is 14.2 Å². The number of carbonyl (C=O) groups excluding carboxylic acids is 3. The van der Waals surface area contributed by atoms with Crippen molar-refractivity contribution in [1.29, 1.82) is 0 Å². The Morgan fingerprint density at radius 2 is 0.657 bits per heavy atom. The van der Waals surface area contributed by atoms with Gasteiger partial charge in [-0.1, -0.05) is 226 Å². The molecule has 0 bridgehead atoms. The molecule has 0 amide bonds. The zero-order valence-corrected chi connectivity index (χ0v) is 43.4. The number of carbonyl (C=O) groups is 3. The van der Waals surface area contributed by atoms with Crippen LogP contribution in [0.1, 0.15) is 239 Å². The van der Waals surface area contributed by atoms with Crippen molar-refractivity contribution in [3.8, 4) is 0 Å². The van der Waals surface area contributed by atoms with E-state index in [1.54, 1.807) is 0 Å². The Labute approximate surface area is 412 Å². The lowest BCUT2D eigenvalue weighted by Gasteiger charge is -2.18. The van der Waals surface area contributed by atoms with Crippen molar-refractivity contribution in [3.05, 3.63) is 109 Å². The zero-order chi connectivity index (χ0) is 48.6. The van der Waals surface area contributed by atoms with Gasteiger partial charge in [0.25, 0.3) is 0 Å². The number of esters is 3. The van der Waals surface area contributed by atoms with Crippen molar-refractivity contribution in [2.75, 3.05) is 13.2 Å². The van der Waals surface area contributed by atoms with Crippen LogP contribution >= 0.6 is 0 Å². The first kappa shape index (κ1) is 63.1. The van der Waals surface area contributed by atoms with E-state index in [0.29, 0.717) is 19.3 Å². The highest BCUT2D eigenvalue weighted by molar-refractivity contribution is 5.71. The van der Waals surface area contributed by atoms with Gasteiger partial charge in [0.15, 0.2) is 6.10 Å². The largest absolute Gasteiger partial charge is 0.462 e. The third-order valence-corrected chi connectivity index (χ3v) is 11.3. The number of hydrogen-bond acceptors (Lipinski definition) is 6. The molecular formula is C61H100O6. The summed E-state index contributed by atoms with van der Waals surface area (Å²) in [6.45, 7) is 6.38. The number of rotatable bonds is 48. The number of allylic oxidation sites excluding steroid dienone is 18. The van der Waals surface area contributed by atoms with Crippen LogP contribution < -0.4 is 0 Å². The third-order valence-electron chi connectivity index (χ3n) is 11.3. The average molecular weight is 929 g/mol. The second-order valence-corrected chi connectivity index (χ2v) is 17.8. The summed E-state index contributed by atoms with van der Waals surface area (Å²) in [4.78, 5) is 38.1. The molecule has 0 aromatic rings. The summed E-state index contributed by atoms with van der Waals surface area (Å²) < 4.78 is 16.8. The topological polar surface area (TPSA) is 78.9 Å². The maximum absolute atomic E-state index is 12.8. The van der Waals surface area contributed by atoms with Gasteiger partial charge in [-0.25, -0.2) is 0 Å². The van der Waals surface area contributed by atoms with Gasteiger partial charge in [0.2, 0.25) is 0 Å². The van der Waals surface area contributed by atoms with Crippen LogP contribution in [0.15, 0.2) is 109 Å². The molecule has 0 radical (unpaired) electrons. The molecule has 0 heterocycles. The molecule has 0 aromatic heterocycles. The molecule has 0 aliphatic carbocycles. The fraction of sp³-hybridized carbons (Fsp3) is 0.656. The lowest BCUT2D eigenvalue weighted by Crippen LogP contribution is -2.30. The Balaban J connectivity index is 4.49. The van der Waals surface area contributed by atoms with Crippen LogP contribution in [0.5, 0.6) is 0 Å². The Hall–Kier alpha value is -3.93. The number of hydrogen-bond donors (Lipinski definition) is 0. The molecular weight excluding hydrogens is 829 g/mol. The van der Waals surface area contributed by atoms with Crippen molar-refractivity contribution in [3.63, 3.8) is 0 Å². The molecule has 0 rings (SSSR count). The summed E-state index contributed by atoms with van der Waals surface area (Å²) in [6, 6.07) is 0. The summed E-state index contributed by atoms with van der Waals surface area (Å²) in [5.41, 5.74) is 0. The van der Waals surface area contributed by atoms with Crippen LogP contribution in [0.3, 0.4) is 0 Å². The van der Waals surface area contributed by atoms with Gasteiger partial charge in [0, 0.05) is 19.3 Å². The monoisotopic (exact) mass is 929 g/mol. The van der Waals surface area contributed by atoms with E-state index in [1.165, 1.54) is 103 Å². The van der Waals surface area contributed by atoms with Crippen LogP contribution in [0.25, 0.3) is 0 Å². The molecule has 0 saturated carbocycles. The van der Waals surface area contributed by atoms with Crippen LogP contribution in [0.4, 0.5) is 0 Å². The van der Waals surface area contributed by atoms with E-state index in [-0.39, 0.29) is 37.5 Å². The molecule has 67 heavy (non-hydrogen) atoms. The summed E-state index contributed by atoms with van der Waals surface area (Å²) >= 11 is 0. The SMILES string of the molecule is CC/C=C/C=C/C=C/CCCCCCCC(=O)OCC(COC(=O)CCCCCCCCCCCC/C=C/C=C/CCCCC)OC(=O)CCC/C=C/C/C=C/C/C=C/C/C=C/CCCCC. The van der Waals surface area contributed by atoms with Crippen LogP contribution in [-0.2, 0) is 28.6 Å². The van der Waals surface area contributed by atoms with Crippen LogP contribution in [0.2, 0.25) is 0 Å². The first-order chi connectivity index (χ1) is 33.0. The molecule has 1 atom stereocenters. The van der Waals surface area contributed by atoms with E-state index in [9.17, 15) is 14.4 Å². The van der Waals surface area contributed by atoms with Crippen molar-refractivity contribution >= 4 is 17.9 Å². The molecule has 380 valence electrons. The molecule has 0 aliphatic rings. The number of ether oxygens (including phenoxy) is 3. The van der Waals surface area contributed by atoms with Crippen molar-refractivity contribution in [2.45, 2.75) is 245 Å². The quantitative estimate of drug-likeness (QED) is 0.0199. The minimum Gasteiger partial charge on any atom is -0.462 e. The summed E-state index contributed by atoms with van der Waals surface area (Å²) in [6.07, 6.45) is 73.6. The first-order valence-corrected chi connectivity index (χ1v) is 27.4. The molecule has 6 nitrogen and oxygen atoms in total. The maximum atomic E-state index is 12.8. The average Bonchev–Trinajstić information content (AvgIpc) is 3.33. The fourth-order valence-corrected chi connectivity index (χ4v) is 7.19. The Morgan fingerprint density at radius 1 is 0.328 bits per heavy atom. The minimum absolute atomic E-state index is 0.110. The second kappa shape index (κ2) is 54.7. The molecule has 0 spiro atoms. The van der Waals surface area contributed by atoms with Gasteiger partial charge in [0.05, 0.1) is 0 Å². The van der Waals surface area contributed by atoms with E-state index in [0.717, 1.165) is 89.9 Å². The standard InChI is InChI=1S/C61H100O6/c1-4-7-10-13-16-19-22-25-27-29-30-32-33-36-39-42-45-48-51-54-60(63)66-57-58(56-65-59(62)53-50-47-44-41-38-35-24-21-18-15-12-9-6-3)67-61(64)55-52-49-46-43-40-37-34-31-28-26-23-20-17-14-11-8-5-2/h9,12,15-22,24-26,28,34,37,43,46,58H,4-8,10-11,13-14,23,27,29-33,35-36,38-42,44-45,47-57H2,1-3H3/b12-9+,18-15+,19-16+,20-17+,24-21+,25-22+,28-26+,37-34+,46-43+. The molecule has 1 unspecified atom stereocenters. The van der Waals surface area contributed by atoms with Crippen molar-refractivity contribution in [2.24, 2.45) is 0 Å². The molecule has 0 N–H and O–H groups in total. The van der Waals surface area contributed by atoms with E-state index in [2.05, 4.69) is 130 Å². The smallest absolute Gasteiger partial charge is 0.306 e. The van der Waals surface area contributed by atoms with Crippen LogP contribution in [0, 0.1) is 0 Å². The fourth-order valence-electron chi connectivity index (χ4n) is 7.19. The molecule has 0 aromatic carbocycles. The molecule has 0 saturated heterocycles. The van der Waals surface area contributed by atoms with E-state index >= 15 is 0 Å². The molecule has 6 heteroatoms. The molecule has 0 fully saturated rings. The van der Waals surface area contributed by atoms with E-state index in [1.807, 2.05) is 0 Å². The van der Waals surface area contributed by atoms with E-state index in [4.69, 9.17) is 14.2 Å². The highest BCUT2D eigenvalue weighted by atomic mass is 16.6. The first-order valence-electron chi connectivity index (χ1n) is 27.4. The zero-order valence-electron chi connectivity index (χ0n) is 43.4. The van der Waals surface area contributed by atoms with Crippen molar-refractivity contribution < 1.29 is 28.6 Å². The van der Waals surface area contributed by atoms with Gasteiger partial charge in [0.1, 0.15) is 13.2 Å². The summed E-state index contributed by atoms with van der Waals surface area (Å²) in [7, 11) is 0. The Bertz CT molecular complexity index is 1390. The van der Waals surface area contributed by atoms with Crippen LogP contribution in [-0.4, -0.2) is 37.2 Å². The lowest BCUT2D eigenvalue weighted by molar-refractivity contribution is -0.167. The lowest BCUT2D eigenvalue weighted by atomic mass is 10.1. The maximum Gasteiger partial charge on any atom is 0.306 e. The normalized spacial score (nSPS) is 12.9.